The third-order valence-electron chi connectivity index (χ3n) is 3.36. The smallest absolute Gasteiger partial charge is 0.230 e. The Kier molecular flexibility index (Phi) is 4.49. The van der Waals surface area contributed by atoms with E-state index in [4.69, 9.17) is 11.6 Å². The molecule has 0 aliphatic heterocycles. The van der Waals surface area contributed by atoms with Crippen LogP contribution in [0.25, 0.3) is 11.4 Å². The molecule has 0 bridgehead atoms. The van der Waals surface area contributed by atoms with Crippen LogP contribution in [0.1, 0.15) is 16.8 Å². The van der Waals surface area contributed by atoms with Crippen LogP contribution in [0.2, 0.25) is 5.02 Å². The van der Waals surface area contributed by atoms with Gasteiger partial charge in [0.1, 0.15) is 0 Å². The highest BCUT2D eigenvalue weighted by molar-refractivity contribution is 6.30. The lowest BCUT2D eigenvalue weighted by atomic mass is 10.1. The maximum atomic E-state index is 12.8. The van der Waals surface area contributed by atoms with Gasteiger partial charge in [-0.1, -0.05) is 35.9 Å². The highest BCUT2D eigenvalue weighted by Crippen LogP contribution is 2.31. The molecule has 0 radical (unpaired) electrons. The molecule has 0 unspecified atom stereocenters. The van der Waals surface area contributed by atoms with Gasteiger partial charge in [0.05, 0.1) is 17.5 Å². The van der Waals surface area contributed by atoms with Crippen molar-refractivity contribution in [1.82, 2.24) is 15.2 Å². The molecule has 0 atom stereocenters. The number of nitrogens with zero attached hydrogens (tertiary/aromatic N) is 3. The molecule has 7 heteroatoms. The Morgan fingerprint density at radius 1 is 1.00 bits per heavy atom. The van der Waals surface area contributed by atoms with Crippen molar-refractivity contribution in [2.24, 2.45) is 0 Å². The van der Waals surface area contributed by atoms with E-state index in [1.165, 1.54) is 18.3 Å². The molecule has 3 nitrogen and oxygen atoms in total. The van der Waals surface area contributed by atoms with E-state index in [0.29, 0.717) is 17.1 Å². The van der Waals surface area contributed by atoms with Crippen LogP contribution in [0.4, 0.5) is 13.2 Å². The molecule has 2 aromatic carbocycles. The summed E-state index contributed by atoms with van der Waals surface area (Å²) in [5, 5.41) is 8.31. The molecule has 0 fully saturated rings. The van der Waals surface area contributed by atoms with Crippen LogP contribution >= 0.6 is 11.6 Å². The molecule has 0 N–H and O–H groups in total. The van der Waals surface area contributed by atoms with E-state index in [0.717, 1.165) is 17.7 Å². The topological polar surface area (TPSA) is 38.7 Å². The summed E-state index contributed by atoms with van der Waals surface area (Å²) in [6.07, 6.45) is -2.44. The summed E-state index contributed by atoms with van der Waals surface area (Å²) in [6.45, 7) is 0. The SMILES string of the molecule is FC(F)(F)c1cccc(-c2nncc(Cc3ccc(Cl)cc3)n2)c1. The lowest BCUT2D eigenvalue weighted by Crippen LogP contribution is -2.05. The van der Waals surface area contributed by atoms with Crippen molar-refractivity contribution in [2.45, 2.75) is 12.6 Å². The van der Waals surface area contributed by atoms with Crippen LogP contribution in [-0.2, 0) is 12.6 Å². The van der Waals surface area contributed by atoms with Gasteiger partial charge in [-0.25, -0.2) is 4.98 Å². The Labute approximate surface area is 141 Å². The number of hydrogen-bond donors (Lipinski definition) is 0. The van der Waals surface area contributed by atoms with Gasteiger partial charge in [-0.3, -0.25) is 0 Å². The first-order valence-corrected chi connectivity index (χ1v) is 7.40. The van der Waals surface area contributed by atoms with Crippen LogP contribution in [0, 0.1) is 0 Å². The fraction of sp³-hybridized carbons (Fsp3) is 0.118. The summed E-state index contributed by atoms with van der Waals surface area (Å²) in [5.74, 6) is 0.160. The first-order valence-electron chi connectivity index (χ1n) is 7.02. The minimum absolute atomic E-state index is 0.160. The summed E-state index contributed by atoms with van der Waals surface area (Å²) in [7, 11) is 0. The minimum Gasteiger partial charge on any atom is -0.230 e. The average molecular weight is 350 g/mol. The number of rotatable bonds is 3. The van der Waals surface area contributed by atoms with Gasteiger partial charge in [0.25, 0.3) is 0 Å². The third-order valence-corrected chi connectivity index (χ3v) is 3.61. The Morgan fingerprint density at radius 2 is 1.75 bits per heavy atom. The number of aromatic nitrogens is 3. The van der Waals surface area contributed by atoms with Crippen molar-refractivity contribution in [3.63, 3.8) is 0 Å². The zero-order valence-electron chi connectivity index (χ0n) is 12.3. The standard InChI is InChI=1S/C17H11ClF3N3/c18-14-6-4-11(5-7-14)8-15-10-22-24-16(23-15)12-2-1-3-13(9-12)17(19,20)21/h1-7,9-10H,8H2. The van der Waals surface area contributed by atoms with E-state index in [9.17, 15) is 13.2 Å². The van der Waals surface area contributed by atoms with Gasteiger partial charge in [0, 0.05) is 17.0 Å². The molecule has 3 rings (SSSR count). The van der Waals surface area contributed by atoms with Gasteiger partial charge in [-0.05, 0) is 29.8 Å². The maximum absolute atomic E-state index is 12.8. The molecule has 24 heavy (non-hydrogen) atoms. The predicted octanol–water partition coefficient (Wildman–Crippen LogP) is 4.80. The summed E-state index contributed by atoms with van der Waals surface area (Å²) >= 11 is 5.84. The van der Waals surface area contributed by atoms with Gasteiger partial charge in [0.2, 0.25) is 0 Å². The quantitative estimate of drug-likeness (QED) is 0.681. The fourth-order valence-electron chi connectivity index (χ4n) is 2.19. The van der Waals surface area contributed by atoms with Crippen molar-refractivity contribution in [3.8, 4) is 11.4 Å². The molecule has 0 saturated heterocycles. The molecule has 0 aliphatic rings. The van der Waals surface area contributed by atoms with Crippen molar-refractivity contribution in [3.05, 3.63) is 76.6 Å². The second-order valence-corrected chi connectivity index (χ2v) is 5.59. The first-order chi connectivity index (χ1) is 11.4. The Bertz CT molecular complexity index is 848. The van der Waals surface area contributed by atoms with Crippen LogP contribution in [0.3, 0.4) is 0 Å². The van der Waals surface area contributed by atoms with E-state index in [2.05, 4.69) is 15.2 Å². The number of halogens is 4. The number of alkyl halides is 3. The molecular formula is C17H11ClF3N3. The van der Waals surface area contributed by atoms with Crippen LogP contribution in [-0.4, -0.2) is 15.2 Å². The molecular weight excluding hydrogens is 339 g/mol. The van der Waals surface area contributed by atoms with Crippen LogP contribution in [0.15, 0.2) is 54.7 Å². The van der Waals surface area contributed by atoms with Crippen molar-refractivity contribution in [1.29, 1.82) is 0 Å². The largest absolute Gasteiger partial charge is 0.416 e. The Hall–Kier alpha value is -2.47. The molecule has 0 spiro atoms. The average Bonchev–Trinajstić information content (AvgIpc) is 2.57. The second kappa shape index (κ2) is 6.57. The fourth-order valence-corrected chi connectivity index (χ4v) is 2.32. The highest BCUT2D eigenvalue weighted by atomic mass is 35.5. The van der Waals surface area contributed by atoms with E-state index in [1.807, 2.05) is 12.1 Å². The van der Waals surface area contributed by atoms with Gasteiger partial charge in [-0.2, -0.15) is 18.3 Å². The van der Waals surface area contributed by atoms with Crippen LogP contribution in [0.5, 0.6) is 0 Å². The predicted molar refractivity (Wildman–Crippen MR) is 84.5 cm³/mol. The number of benzene rings is 2. The molecule has 0 aliphatic carbocycles. The molecule has 1 heterocycles. The monoisotopic (exact) mass is 349 g/mol. The number of hydrogen-bond acceptors (Lipinski definition) is 3. The minimum atomic E-state index is -4.41. The van der Waals surface area contributed by atoms with Crippen LogP contribution < -0.4 is 0 Å². The Balaban J connectivity index is 1.89. The van der Waals surface area contributed by atoms with Crippen molar-refractivity contribution in [2.75, 3.05) is 0 Å². The van der Waals surface area contributed by atoms with Crippen molar-refractivity contribution < 1.29 is 13.2 Å². The summed E-state index contributed by atoms with van der Waals surface area (Å²) in [4.78, 5) is 4.31. The summed E-state index contributed by atoms with van der Waals surface area (Å²) in [5.41, 5.74) is 1.11. The van der Waals surface area contributed by atoms with E-state index in [-0.39, 0.29) is 11.4 Å². The Morgan fingerprint density at radius 3 is 2.46 bits per heavy atom. The summed E-state index contributed by atoms with van der Waals surface area (Å²) in [6, 6.07) is 12.1. The highest BCUT2D eigenvalue weighted by Gasteiger charge is 2.30. The normalized spacial score (nSPS) is 11.5. The van der Waals surface area contributed by atoms with Gasteiger partial charge < -0.3 is 0 Å². The molecule has 3 aromatic rings. The second-order valence-electron chi connectivity index (χ2n) is 5.15. The third kappa shape index (κ3) is 3.89. The zero-order valence-corrected chi connectivity index (χ0v) is 13.0. The zero-order chi connectivity index (χ0) is 17.2. The first kappa shape index (κ1) is 16.4. The molecule has 0 amide bonds. The molecule has 1 aromatic heterocycles. The van der Waals surface area contributed by atoms with Gasteiger partial charge in [0.15, 0.2) is 5.82 Å². The molecule has 0 saturated carbocycles. The lowest BCUT2D eigenvalue weighted by molar-refractivity contribution is -0.137. The van der Waals surface area contributed by atoms with E-state index < -0.39 is 11.7 Å². The maximum Gasteiger partial charge on any atom is 0.416 e. The lowest BCUT2D eigenvalue weighted by Gasteiger charge is -2.08. The van der Waals surface area contributed by atoms with Gasteiger partial charge in [-0.15, -0.1) is 5.10 Å². The van der Waals surface area contributed by atoms with E-state index >= 15 is 0 Å². The van der Waals surface area contributed by atoms with Crippen molar-refractivity contribution >= 4 is 11.6 Å². The molecule has 122 valence electrons. The van der Waals surface area contributed by atoms with Gasteiger partial charge >= 0.3 is 6.18 Å². The van der Waals surface area contributed by atoms with E-state index in [1.54, 1.807) is 12.1 Å². The summed E-state index contributed by atoms with van der Waals surface area (Å²) < 4.78 is 38.4.